The molecule has 0 fully saturated rings. The predicted molar refractivity (Wildman–Crippen MR) is 49.9 cm³/mol. The third kappa shape index (κ3) is 2.97. The Bertz CT molecular complexity index is 360. The van der Waals surface area contributed by atoms with Crippen molar-refractivity contribution >= 4 is 5.90 Å². The van der Waals surface area contributed by atoms with E-state index in [1.54, 1.807) is 6.92 Å². The Balaban J connectivity index is 2.98. The Labute approximate surface area is 85.2 Å². The van der Waals surface area contributed by atoms with Gasteiger partial charge in [0.2, 0.25) is 5.90 Å². The van der Waals surface area contributed by atoms with E-state index in [9.17, 15) is 13.2 Å². The first-order valence-corrected chi connectivity index (χ1v) is 4.34. The summed E-state index contributed by atoms with van der Waals surface area (Å²) in [5.74, 6) is -0.247. The van der Waals surface area contributed by atoms with Gasteiger partial charge < -0.3 is 4.74 Å². The second-order valence-corrected chi connectivity index (χ2v) is 2.84. The van der Waals surface area contributed by atoms with Crippen LogP contribution in [0.2, 0.25) is 0 Å². The van der Waals surface area contributed by atoms with Gasteiger partial charge in [0.15, 0.2) is 0 Å². The van der Waals surface area contributed by atoms with E-state index < -0.39 is 11.7 Å². The van der Waals surface area contributed by atoms with Crippen molar-refractivity contribution in [2.45, 2.75) is 13.1 Å². The maximum atomic E-state index is 12.3. The van der Waals surface area contributed by atoms with Gasteiger partial charge in [-0.1, -0.05) is 6.07 Å². The molecule has 5 heteroatoms. The van der Waals surface area contributed by atoms with Gasteiger partial charge in [-0.15, -0.1) is 0 Å². The Hall–Kier alpha value is -1.52. The van der Waals surface area contributed by atoms with Crippen LogP contribution in [-0.2, 0) is 10.9 Å². The van der Waals surface area contributed by atoms with Crippen LogP contribution in [-0.4, -0.2) is 12.5 Å². The Morgan fingerprint density at radius 3 is 2.60 bits per heavy atom. The molecule has 0 aromatic heterocycles. The molecule has 0 aliphatic carbocycles. The highest BCUT2D eigenvalue weighted by Crippen LogP contribution is 2.29. The molecule has 0 amide bonds. The molecule has 0 aliphatic heterocycles. The highest BCUT2D eigenvalue weighted by atomic mass is 19.4. The molecule has 1 aromatic carbocycles. The summed E-state index contributed by atoms with van der Waals surface area (Å²) in [7, 11) is 0. The van der Waals surface area contributed by atoms with Crippen LogP contribution in [0.4, 0.5) is 13.2 Å². The summed E-state index contributed by atoms with van der Waals surface area (Å²) in [6, 6.07) is 4.53. The molecule has 0 bridgehead atoms. The molecule has 0 heterocycles. The molecule has 1 N–H and O–H groups in total. The van der Waals surface area contributed by atoms with E-state index >= 15 is 0 Å². The first kappa shape index (κ1) is 11.6. The van der Waals surface area contributed by atoms with Gasteiger partial charge in [-0.3, -0.25) is 5.41 Å². The lowest BCUT2D eigenvalue weighted by molar-refractivity contribution is -0.137. The highest BCUT2D eigenvalue weighted by molar-refractivity contribution is 5.91. The maximum absolute atomic E-state index is 12.3. The van der Waals surface area contributed by atoms with Gasteiger partial charge in [0.1, 0.15) is 0 Å². The van der Waals surface area contributed by atoms with Gasteiger partial charge in [-0.05, 0) is 25.1 Å². The van der Waals surface area contributed by atoms with Crippen LogP contribution in [0.5, 0.6) is 0 Å². The first-order valence-electron chi connectivity index (χ1n) is 4.34. The Morgan fingerprint density at radius 2 is 2.07 bits per heavy atom. The van der Waals surface area contributed by atoms with Gasteiger partial charge in [-0.25, -0.2) is 0 Å². The van der Waals surface area contributed by atoms with Crippen molar-refractivity contribution in [1.29, 1.82) is 5.41 Å². The van der Waals surface area contributed by atoms with Crippen molar-refractivity contribution in [3.8, 4) is 0 Å². The van der Waals surface area contributed by atoms with Crippen LogP contribution < -0.4 is 0 Å². The first-order chi connectivity index (χ1) is 6.95. The van der Waals surface area contributed by atoms with E-state index in [1.807, 2.05) is 0 Å². The zero-order valence-corrected chi connectivity index (χ0v) is 8.06. The quantitative estimate of drug-likeness (QED) is 0.599. The number of ether oxygens (including phenoxy) is 1. The fourth-order valence-electron chi connectivity index (χ4n) is 1.06. The van der Waals surface area contributed by atoms with Gasteiger partial charge in [-0.2, -0.15) is 13.2 Å². The van der Waals surface area contributed by atoms with Crippen LogP contribution in [0.3, 0.4) is 0 Å². The normalized spacial score (nSPS) is 11.2. The highest BCUT2D eigenvalue weighted by Gasteiger charge is 2.30. The zero-order valence-electron chi connectivity index (χ0n) is 8.06. The zero-order chi connectivity index (χ0) is 11.5. The van der Waals surface area contributed by atoms with E-state index in [0.29, 0.717) is 0 Å². The monoisotopic (exact) mass is 217 g/mol. The maximum Gasteiger partial charge on any atom is 0.416 e. The molecule has 0 saturated carbocycles. The summed E-state index contributed by atoms with van der Waals surface area (Å²) in [5, 5.41) is 7.34. The Morgan fingerprint density at radius 1 is 1.40 bits per heavy atom. The molecular formula is C10H10F3NO. The third-order valence-electron chi connectivity index (χ3n) is 1.74. The SMILES string of the molecule is CCOC(=N)c1cccc(C(F)(F)F)c1. The van der Waals surface area contributed by atoms with Crippen LogP contribution in [0.1, 0.15) is 18.1 Å². The van der Waals surface area contributed by atoms with Gasteiger partial charge in [0.05, 0.1) is 12.2 Å². The minimum Gasteiger partial charge on any atom is -0.478 e. The summed E-state index contributed by atoms with van der Waals surface area (Å²) in [6.45, 7) is 1.93. The molecule has 0 spiro atoms. The number of rotatable bonds is 2. The lowest BCUT2D eigenvalue weighted by atomic mass is 10.1. The molecule has 1 rings (SSSR count). The van der Waals surface area contributed by atoms with E-state index in [2.05, 4.69) is 0 Å². The second kappa shape index (κ2) is 4.33. The second-order valence-electron chi connectivity index (χ2n) is 2.84. The summed E-state index contributed by atoms with van der Waals surface area (Å²) in [5.41, 5.74) is -0.642. The number of alkyl halides is 3. The summed E-state index contributed by atoms with van der Waals surface area (Å²) in [6.07, 6.45) is -4.39. The van der Waals surface area contributed by atoms with Crippen molar-refractivity contribution in [2.75, 3.05) is 6.61 Å². The van der Waals surface area contributed by atoms with Crippen LogP contribution >= 0.6 is 0 Å². The van der Waals surface area contributed by atoms with E-state index in [0.717, 1.165) is 12.1 Å². The number of halogens is 3. The van der Waals surface area contributed by atoms with Gasteiger partial charge in [0.25, 0.3) is 0 Å². The van der Waals surface area contributed by atoms with Gasteiger partial charge in [0, 0.05) is 5.56 Å². The molecule has 0 saturated heterocycles. The predicted octanol–water partition coefficient (Wildman–Crippen LogP) is 3.07. The van der Waals surface area contributed by atoms with Crippen molar-refractivity contribution in [3.05, 3.63) is 35.4 Å². The smallest absolute Gasteiger partial charge is 0.416 e. The largest absolute Gasteiger partial charge is 0.478 e. The standard InChI is InChI=1S/C10H10F3NO/c1-2-15-9(14)7-4-3-5-8(6-7)10(11,12)13/h3-6,14H,2H2,1H3. The van der Waals surface area contributed by atoms with Crippen LogP contribution in [0.15, 0.2) is 24.3 Å². The van der Waals surface area contributed by atoms with Crippen LogP contribution in [0, 0.1) is 5.41 Å². The summed E-state index contributed by atoms with van der Waals surface area (Å²) >= 11 is 0. The van der Waals surface area contributed by atoms with E-state index in [4.69, 9.17) is 10.1 Å². The average molecular weight is 217 g/mol. The molecule has 0 radical (unpaired) electrons. The van der Waals surface area contributed by atoms with Crippen molar-refractivity contribution in [1.82, 2.24) is 0 Å². The van der Waals surface area contributed by atoms with Crippen molar-refractivity contribution in [2.24, 2.45) is 0 Å². The minimum absolute atomic E-state index is 0.131. The molecule has 15 heavy (non-hydrogen) atoms. The molecule has 0 unspecified atom stereocenters. The average Bonchev–Trinajstić information content (AvgIpc) is 2.17. The molecule has 1 aromatic rings. The molecular weight excluding hydrogens is 207 g/mol. The number of hydrogen-bond donors (Lipinski definition) is 1. The summed E-state index contributed by atoms with van der Waals surface area (Å²) in [4.78, 5) is 0. The fraction of sp³-hybridized carbons (Fsp3) is 0.300. The molecule has 0 atom stereocenters. The lowest BCUT2D eigenvalue weighted by Crippen LogP contribution is -2.09. The van der Waals surface area contributed by atoms with Crippen LogP contribution in [0.25, 0.3) is 0 Å². The topological polar surface area (TPSA) is 33.1 Å². The van der Waals surface area contributed by atoms with Gasteiger partial charge >= 0.3 is 6.18 Å². The molecule has 2 nitrogen and oxygen atoms in total. The molecule has 82 valence electrons. The summed E-state index contributed by atoms with van der Waals surface area (Å²) < 4.78 is 41.7. The number of nitrogens with one attached hydrogen (secondary N) is 1. The van der Waals surface area contributed by atoms with E-state index in [-0.39, 0.29) is 18.1 Å². The molecule has 0 aliphatic rings. The number of hydrogen-bond acceptors (Lipinski definition) is 2. The third-order valence-corrected chi connectivity index (χ3v) is 1.74. The van der Waals surface area contributed by atoms with E-state index in [1.165, 1.54) is 12.1 Å². The van der Waals surface area contributed by atoms with Crippen molar-refractivity contribution in [3.63, 3.8) is 0 Å². The number of benzene rings is 1. The fourth-order valence-corrected chi connectivity index (χ4v) is 1.06. The lowest BCUT2D eigenvalue weighted by Gasteiger charge is -2.09. The minimum atomic E-state index is -4.39. The Kier molecular flexibility index (Phi) is 3.34. The van der Waals surface area contributed by atoms with Crippen molar-refractivity contribution < 1.29 is 17.9 Å².